The van der Waals surface area contributed by atoms with E-state index in [4.69, 9.17) is 5.73 Å². The zero-order valence-corrected chi connectivity index (χ0v) is 9.75. The summed E-state index contributed by atoms with van der Waals surface area (Å²) in [6.07, 6.45) is 3.47. The highest BCUT2D eigenvalue weighted by molar-refractivity contribution is 5.91. The van der Waals surface area contributed by atoms with Crippen LogP contribution in [-0.2, 0) is 4.79 Å². The molecule has 0 saturated carbocycles. The average molecular weight is 219 g/mol. The monoisotopic (exact) mass is 219 g/mol. The lowest BCUT2D eigenvalue weighted by molar-refractivity contribution is -0.116. The molecule has 16 heavy (non-hydrogen) atoms. The van der Waals surface area contributed by atoms with Crippen molar-refractivity contribution < 1.29 is 4.79 Å². The van der Waals surface area contributed by atoms with Gasteiger partial charge >= 0.3 is 0 Å². The number of carbonyl (C=O) groups is 1. The lowest BCUT2D eigenvalue weighted by atomic mass is 10.1. The van der Waals surface area contributed by atoms with Crippen molar-refractivity contribution in [2.75, 3.05) is 11.9 Å². The average Bonchev–Trinajstić information content (AvgIpc) is 2.28. The third-order valence-corrected chi connectivity index (χ3v) is 2.46. The number of unbranched alkanes of at least 4 members (excludes halogenated alkanes) is 2. The fraction of sp³-hybridized carbons (Fsp3) is 0.462. The molecule has 0 bridgehead atoms. The molecule has 1 radical (unpaired) electrons. The summed E-state index contributed by atoms with van der Waals surface area (Å²) in [7, 11) is 0. The summed E-state index contributed by atoms with van der Waals surface area (Å²) in [6, 6.07) is 8.53. The number of carbonyl (C=O) groups excluding carboxylic acids is 1. The number of benzene rings is 1. The van der Waals surface area contributed by atoms with E-state index in [1.54, 1.807) is 6.07 Å². The van der Waals surface area contributed by atoms with Crippen LogP contribution in [0.1, 0.15) is 31.2 Å². The predicted octanol–water partition coefficient (Wildman–Crippen LogP) is 2.25. The maximum absolute atomic E-state index is 11.6. The van der Waals surface area contributed by atoms with Gasteiger partial charge in [0.05, 0.1) is 0 Å². The molecule has 0 aromatic heterocycles. The van der Waals surface area contributed by atoms with Crippen molar-refractivity contribution in [3.05, 3.63) is 29.8 Å². The molecule has 0 spiro atoms. The van der Waals surface area contributed by atoms with Crippen molar-refractivity contribution in [1.82, 2.24) is 0 Å². The van der Waals surface area contributed by atoms with Gasteiger partial charge in [-0.15, -0.1) is 0 Å². The molecule has 3 nitrogen and oxygen atoms in total. The zero-order chi connectivity index (χ0) is 11.8. The molecule has 1 aromatic carbocycles. The molecule has 0 atom stereocenters. The quantitative estimate of drug-likeness (QED) is 0.721. The first-order valence-electron chi connectivity index (χ1n) is 5.70. The lowest BCUT2D eigenvalue weighted by Gasteiger charge is -2.07. The van der Waals surface area contributed by atoms with Crippen molar-refractivity contribution in [3.63, 3.8) is 0 Å². The van der Waals surface area contributed by atoms with E-state index in [2.05, 4.69) is 11.4 Å². The molecular formula is C13H19N2O. The van der Waals surface area contributed by atoms with Crippen LogP contribution in [-0.4, -0.2) is 12.5 Å². The van der Waals surface area contributed by atoms with Gasteiger partial charge in [0, 0.05) is 12.1 Å². The fourth-order valence-corrected chi connectivity index (χ4v) is 1.46. The third-order valence-electron chi connectivity index (χ3n) is 2.46. The van der Waals surface area contributed by atoms with Gasteiger partial charge in [0.25, 0.3) is 0 Å². The molecule has 0 heterocycles. The summed E-state index contributed by atoms with van der Waals surface area (Å²) >= 11 is 0. The molecule has 1 amide bonds. The van der Waals surface area contributed by atoms with Gasteiger partial charge in [0.1, 0.15) is 0 Å². The number of anilines is 1. The summed E-state index contributed by atoms with van der Waals surface area (Å²) in [5.41, 5.74) is 7.30. The van der Waals surface area contributed by atoms with E-state index in [1.807, 2.05) is 19.1 Å². The Bertz CT molecular complexity index is 336. The van der Waals surface area contributed by atoms with E-state index in [0.717, 1.165) is 30.5 Å². The van der Waals surface area contributed by atoms with E-state index in [9.17, 15) is 4.79 Å². The molecule has 0 aliphatic rings. The minimum absolute atomic E-state index is 0.0692. The summed E-state index contributed by atoms with van der Waals surface area (Å²) in [6.45, 7) is 2.67. The molecular weight excluding hydrogens is 200 g/mol. The lowest BCUT2D eigenvalue weighted by Crippen LogP contribution is -2.12. The van der Waals surface area contributed by atoms with E-state index in [1.165, 1.54) is 0 Å². The smallest absolute Gasteiger partial charge is 0.224 e. The van der Waals surface area contributed by atoms with Crippen LogP contribution in [0.2, 0.25) is 0 Å². The second kappa shape index (κ2) is 7.01. The fourth-order valence-electron chi connectivity index (χ4n) is 1.46. The summed E-state index contributed by atoms with van der Waals surface area (Å²) in [5.74, 6) is 0.0692. The van der Waals surface area contributed by atoms with Gasteiger partial charge < -0.3 is 11.1 Å². The van der Waals surface area contributed by atoms with Crippen molar-refractivity contribution in [3.8, 4) is 0 Å². The molecule has 0 aliphatic carbocycles. The second-order valence-electron chi connectivity index (χ2n) is 3.89. The molecule has 0 unspecified atom stereocenters. The molecule has 0 fully saturated rings. The molecule has 3 heteroatoms. The van der Waals surface area contributed by atoms with Gasteiger partial charge in [-0.05, 0) is 44.0 Å². The van der Waals surface area contributed by atoms with E-state index in [0.29, 0.717) is 13.0 Å². The van der Waals surface area contributed by atoms with Gasteiger partial charge in [0.2, 0.25) is 5.91 Å². The number of amides is 1. The van der Waals surface area contributed by atoms with Crippen LogP contribution in [0.4, 0.5) is 5.69 Å². The highest BCUT2D eigenvalue weighted by atomic mass is 16.1. The largest absolute Gasteiger partial charge is 0.330 e. The second-order valence-corrected chi connectivity index (χ2v) is 3.89. The van der Waals surface area contributed by atoms with Gasteiger partial charge in [0.15, 0.2) is 0 Å². The maximum atomic E-state index is 11.6. The molecule has 1 rings (SSSR count). The summed E-state index contributed by atoms with van der Waals surface area (Å²) in [4.78, 5) is 11.6. The van der Waals surface area contributed by atoms with Crippen LogP contribution in [0.25, 0.3) is 0 Å². The van der Waals surface area contributed by atoms with Crippen LogP contribution in [0, 0.1) is 13.0 Å². The Kier molecular flexibility index (Phi) is 5.57. The highest BCUT2D eigenvalue weighted by Crippen LogP contribution is 2.13. The predicted molar refractivity (Wildman–Crippen MR) is 66.2 cm³/mol. The summed E-state index contributed by atoms with van der Waals surface area (Å²) in [5, 5.41) is 2.89. The first-order valence-corrected chi connectivity index (χ1v) is 5.70. The van der Waals surface area contributed by atoms with Crippen molar-refractivity contribution in [1.29, 1.82) is 0 Å². The van der Waals surface area contributed by atoms with Gasteiger partial charge in [-0.25, -0.2) is 0 Å². The van der Waals surface area contributed by atoms with Crippen LogP contribution in [0.3, 0.4) is 0 Å². The Morgan fingerprint density at radius 2 is 2.25 bits per heavy atom. The van der Waals surface area contributed by atoms with E-state index >= 15 is 0 Å². The van der Waals surface area contributed by atoms with Crippen molar-refractivity contribution >= 4 is 11.6 Å². The number of aryl methyl sites for hydroxylation is 1. The van der Waals surface area contributed by atoms with Crippen LogP contribution in [0.15, 0.2) is 18.2 Å². The molecule has 1 aromatic rings. The summed E-state index contributed by atoms with van der Waals surface area (Å²) < 4.78 is 0. The number of nitrogens with one attached hydrogen (secondary N) is 1. The van der Waals surface area contributed by atoms with Crippen LogP contribution < -0.4 is 11.1 Å². The Hall–Kier alpha value is -1.35. The Balaban J connectivity index is 2.32. The zero-order valence-electron chi connectivity index (χ0n) is 9.75. The molecule has 3 N–H and O–H groups in total. The van der Waals surface area contributed by atoms with E-state index in [-0.39, 0.29) is 5.91 Å². The minimum Gasteiger partial charge on any atom is -0.330 e. The van der Waals surface area contributed by atoms with Crippen molar-refractivity contribution in [2.24, 2.45) is 5.73 Å². The molecule has 0 aliphatic heterocycles. The van der Waals surface area contributed by atoms with Gasteiger partial charge in [-0.3, -0.25) is 4.79 Å². The number of nitrogens with two attached hydrogens (primary N) is 1. The number of rotatable bonds is 6. The van der Waals surface area contributed by atoms with Crippen molar-refractivity contribution in [2.45, 2.75) is 32.6 Å². The standard InChI is InChI=1S/C13H19N2O/c1-11-7-4-5-8-12(11)15-13(16)9-3-2-6-10-14/h4,7-8H,2-3,6,9-10,14H2,1H3,(H,15,16). The number of hydrogen-bond acceptors (Lipinski definition) is 2. The maximum Gasteiger partial charge on any atom is 0.224 e. The van der Waals surface area contributed by atoms with Crippen LogP contribution >= 0.6 is 0 Å². The normalized spacial score (nSPS) is 10.1. The first kappa shape index (κ1) is 12.7. The minimum atomic E-state index is 0.0692. The molecule has 87 valence electrons. The Morgan fingerprint density at radius 1 is 1.44 bits per heavy atom. The van der Waals surface area contributed by atoms with Gasteiger partial charge in [-0.1, -0.05) is 18.6 Å². The topological polar surface area (TPSA) is 55.1 Å². The Labute approximate surface area is 97.0 Å². The Morgan fingerprint density at radius 3 is 2.94 bits per heavy atom. The molecule has 0 saturated heterocycles. The van der Waals surface area contributed by atoms with Gasteiger partial charge in [-0.2, -0.15) is 0 Å². The highest BCUT2D eigenvalue weighted by Gasteiger charge is 2.03. The number of hydrogen-bond donors (Lipinski definition) is 2. The van der Waals surface area contributed by atoms with E-state index < -0.39 is 0 Å². The first-order chi connectivity index (χ1) is 7.74. The third kappa shape index (κ3) is 4.45. The van der Waals surface area contributed by atoms with Crippen LogP contribution in [0.5, 0.6) is 0 Å². The SMILES string of the molecule is Cc1cc[c]cc1NC(=O)CCCCCN.